The van der Waals surface area contributed by atoms with E-state index in [2.05, 4.69) is 0 Å². The van der Waals surface area contributed by atoms with Gasteiger partial charge in [-0.1, -0.05) is 0 Å². The number of aliphatic carboxylic acids is 1. The van der Waals surface area contributed by atoms with E-state index in [-0.39, 0.29) is 15.8 Å². The zero-order chi connectivity index (χ0) is 16.2. The van der Waals surface area contributed by atoms with Crippen molar-refractivity contribution < 1.29 is 23.1 Å². The highest BCUT2D eigenvalue weighted by atomic mass is 32.2. The summed E-state index contributed by atoms with van der Waals surface area (Å²) in [6, 6.07) is 1.20. The van der Waals surface area contributed by atoms with Crippen molar-refractivity contribution in [3.63, 3.8) is 0 Å². The number of nitrogens with zero attached hydrogens (tertiary/aromatic N) is 1. The van der Waals surface area contributed by atoms with Crippen molar-refractivity contribution in [2.75, 3.05) is 13.1 Å². The van der Waals surface area contributed by atoms with E-state index in [4.69, 9.17) is 21.4 Å². The van der Waals surface area contributed by atoms with Crippen LogP contribution in [0.1, 0.15) is 23.7 Å². The molecule has 10 heteroatoms. The first-order valence-corrected chi connectivity index (χ1v) is 8.30. The fourth-order valence-corrected chi connectivity index (χ4v) is 4.51. The molecule has 2 rings (SSSR count). The SMILES string of the molecule is CC(=O)O.NC(=O)c1csc(S(=O)(=O)N2CCC(N)C2)c1. The topological polar surface area (TPSA) is 144 Å². The van der Waals surface area contributed by atoms with Gasteiger partial charge in [-0.05, 0) is 12.5 Å². The van der Waals surface area contributed by atoms with Crippen molar-refractivity contribution in [1.29, 1.82) is 0 Å². The zero-order valence-electron chi connectivity index (χ0n) is 11.4. The maximum atomic E-state index is 12.1. The van der Waals surface area contributed by atoms with Gasteiger partial charge in [0.05, 0.1) is 5.56 Å². The maximum Gasteiger partial charge on any atom is 0.300 e. The van der Waals surface area contributed by atoms with Crippen LogP contribution in [0.5, 0.6) is 0 Å². The largest absolute Gasteiger partial charge is 0.481 e. The van der Waals surface area contributed by atoms with E-state index in [0.29, 0.717) is 19.5 Å². The molecule has 1 aliphatic rings. The fraction of sp³-hybridized carbons (Fsp3) is 0.455. The molecule has 0 radical (unpaired) electrons. The molecule has 1 saturated heterocycles. The van der Waals surface area contributed by atoms with Crippen LogP contribution >= 0.6 is 11.3 Å². The normalized spacial score (nSPS) is 18.9. The van der Waals surface area contributed by atoms with Crippen molar-refractivity contribution in [3.05, 3.63) is 17.0 Å². The fourth-order valence-electron chi connectivity index (χ4n) is 1.68. The molecule has 1 amide bonds. The molecule has 0 aromatic carbocycles. The molecule has 1 unspecified atom stereocenters. The van der Waals surface area contributed by atoms with Crippen molar-refractivity contribution in [2.24, 2.45) is 11.5 Å². The summed E-state index contributed by atoms with van der Waals surface area (Å²) < 4.78 is 25.8. The molecule has 1 aromatic rings. The summed E-state index contributed by atoms with van der Waals surface area (Å²) in [4.78, 5) is 19.9. The number of carbonyl (C=O) groups excluding carboxylic acids is 1. The summed E-state index contributed by atoms with van der Waals surface area (Å²) in [7, 11) is -3.52. The first-order valence-electron chi connectivity index (χ1n) is 5.98. The van der Waals surface area contributed by atoms with E-state index in [1.54, 1.807) is 0 Å². The third-order valence-electron chi connectivity index (χ3n) is 2.64. The zero-order valence-corrected chi connectivity index (χ0v) is 13.0. The number of carbonyl (C=O) groups is 2. The van der Waals surface area contributed by atoms with Crippen LogP contribution in [-0.4, -0.2) is 48.8 Å². The molecule has 1 fully saturated rings. The smallest absolute Gasteiger partial charge is 0.300 e. The second-order valence-corrected chi connectivity index (χ2v) is 7.53. The number of sulfonamides is 1. The Morgan fingerprint density at radius 3 is 2.43 bits per heavy atom. The quantitative estimate of drug-likeness (QED) is 0.689. The van der Waals surface area contributed by atoms with Gasteiger partial charge in [-0.2, -0.15) is 4.31 Å². The first-order chi connectivity index (χ1) is 9.64. The predicted molar refractivity (Wildman–Crippen MR) is 77.5 cm³/mol. The highest BCUT2D eigenvalue weighted by Gasteiger charge is 2.32. The van der Waals surface area contributed by atoms with Gasteiger partial charge in [-0.25, -0.2) is 8.42 Å². The molecule has 0 bridgehead atoms. The van der Waals surface area contributed by atoms with Gasteiger partial charge in [0.2, 0.25) is 5.91 Å². The highest BCUT2D eigenvalue weighted by Crippen LogP contribution is 2.26. The third kappa shape index (κ3) is 4.77. The number of hydrogen-bond acceptors (Lipinski definition) is 6. The standard InChI is InChI=1S/C9H13N3O3S2.C2H4O2/c10-7-1-2-12(4-7)17(14,15)8-3-6(5-16-8)9(11)13;1-2(3)4/h3,5,7H,1-2,4,10H2,(H2,11,13);1H3,(H,3,4). The molecule has 1 atom stereocenters. The number of primary amides is 1. The Morgan fingerprint density at radius 1 is 1.48 bits per heavy atom. The van der Waals surface area contributed by atoms with Gasteiger partial charge in [0, 0.05) is 31.4 Å². The van der Waals surface area contributed by atoms with Gasteiger partial charge < -0.3 is 16.6 Å². The predicted octanol–water partition coefficient (Wildman–Crippen LogP) is -0.340. The molecule has 0 spiro atoms. The van der Waals surface area contributed by atoms with Gasteiger partial charge in [0.15, 0.2) is 0 Å². The van der Waals surface area contributed by atoms with Gasteiger partial charge in [-0.15, -0.1) is 11.3 Å². The summed E-state index contributed by atoms with van der Waals surface area (Å²) in [5.41, 5.74) is 11.0. The summed E-state index contributed by atoms with van der Waals surface area (Å²) in [6.07, 6.45) is 0.660. The lowest BCUT2D eigenvalue weighted by Gasteiger charge is -2.13. The molecule has 8 nitrogen and oxygen atoms in total. The number of carboxylic acid groups (broad SMARTS) is 1. The number of nitrogens with two attached hydrogens (primary N) is 2. The van der Waals surface area contributed by atoms with Crippen molar-refractivity contribution in [2.45, 2.75) is 23.6 Å². The Bertz CT molecular complexity index is 622. The van der Waals surface area contributed by atoms with Crippen molar-refractivity contribution >= 4 is 33.2 Å². The number of thiophene rings is 1. The van der Waals surface area contributed by atoms with Crippen LogP contribution in [0.25, 0.3) is 0 Å². The minimum absolute atomic E-state index is 0.111. The van der Waals surface area contributed by atoms with Crippen LogP contribution in [0, 0.1) is 0 Å². The molecular weight excluding hydrogens is 318 g/mol. The number of hydrogen-bond donors (Lipinski definition) is 3. The Morgan fingerprint density at radius 2 is 2.05 bits per heavy atom. The van der Waals surface area contributed by atoms with Gasteiger partial charge >= 0.3 is 0 Å². The van der Waals surface area contributed by atoms with Crippen LogP contribution < -0.4 is 11.5 Å². The molecule has 0 saturated carbocycles. The Kier molecular flexibility index (Phi) is 5.84. The lowest BCUT2D eigenvalue weighted by atomic mass is 10.3. The Labute approximate surface area is 126 Å². The molecule has 118 valence electrons. The van der Waals surface area contributed by atoms with Crippen LogP contribution in [0.4, 0.5) is 0 Å². The lowest BCUT2D eigenvalue weighted by Crippen LogP contribution is -2.31. The molecule has 0 aliphatic carbocycles. The van der Waals surface area contributed by atoms with E-state index in [1.807, 2.05) is 0 Å². The average Bonchev–Trinajstić information content (AvgIpc) is 2.96. The van der Waals surface area contributed by atoms with E-state index in [0.717, 1.165) is 18.3 Å². The number of rotatable bonds is 3. The van der Waals surface area contributed by atoms with E-state index in [9.17, 15) is 13.2 Å². The second kappa shape index (κ2) is 6.98. The van der Waals surface area contributed by atoms with Crippen LogP contribution in [0.15, 0.2) is 15.7 Å². The Balaban J connectivity index is 0.000000491. The van der Waals surface area contributed by atoms with Crippen LogP contribution in [-0.2, 0) is 14.8 Å². The highest BCUT2D eigenvalue weighted by molar-refractivity contribution is 7.91. The second-order valence-electron chi connectivity index (χ2n) is 4.45. The van der Waals surface area contributed by atoms with E-state index < -0.39 is 21.9 Å². The summed E-state index contributed by atoms with van der Waals surface area (Å²) in [6.45, 7) is 1.83. The first kappa shape index (κ1) is 17.6. The molecule has 2 heterocycles. The molecule has 1 aromatic heterocycles. The molecule has 1 aliphatic heterocycles. The van der Waals surface area contributed by atoms with E-state index >= 15 is 0 Å². The summed E-state index contributed by atoms with van der Waals surface area (Å²) in [5.74, 6) is -1.46. The lowest BCUT2D eigenvalue weighted by molar-refractivity contribution is -0.134. The molecular formula is C11H17N3O5S2. The van der Waals surface area contributed by atoms with Crippen LogP contribution in [0.2, 0.25) is 0 Å². The summed E-state index contributed by atoms with van der Waals surface area (Å²) >= 11 is 1.00. The van der Waals surface area contributed by atoms with E-state index in [1.165, 1.54) is 15.8 Å². The monoisotopic (exact) mass is 335 g/mol. The van der Waals surface area contributed by atoms with Crippen LogP contribution in [0.3, 0.4) is 0 Å². The summed E-state index contributed by atoms with van der Waals surface area (Å²) in [5, 5.41) is 8.87. The molecule has 5 N–H and O–H groups in total. The maximum absolute atomic E-state index is 12.1. The third-order valence-corrected chi connectivity index (χ3v) is 5.92. The van der Waals surface area contributed by atoms with Gasteiger partial charge in [0.25, 0.3) is 16.0 Å². The van der Waals surface area contributed by atoms with Crippen molar-refractivity contribution in [3.8, 4) is 0 Å². The van der Waals surface area contributed by atoms with Gasteiger partial charge in [-0.3, -0.25) is 9.59 Å². The van der Waals surface area contributed by atoms with Crippen molar-refractivity contribution in [1.82, 2.24) is 4.31 Å². The number of amides is 1. The average molecular weight is 335 g/mol. The minimum Gasteiger partial charge on any atom is -0.481 e. The van der Waals surface area contributed by atoms with Gasteiger partial charge in [0.1, 0.15) is 4.21 Å². The minimum atomic E-state index is -3.52. The molecule has 21 heavy (non-hydrogen) atoms. The number of carboxylic acids is 1. The Hall–Kier alpha value is -1.49.